The Hall–Kier alpha value is -1.23. The zero-order valence-corrected chi connectivity index (χ0v) is 17.7. The summed E-state index contributed by atoms with van der Waals surface area (Å²) in [5.41, 5.74) is 1.02. The Balaban J connectivity index is 0.000000251. The van der Waals surface area contributed by atoms with Crippen molar-refractivity contribution in [2.75, 3.05) is 0 Å². The fourth-order valence-corrected chi connectivity index (χ4v) is 4.64. The van der Waals surface area contributed by atoms with E-state index in [0.29, 0.717) is 0 Å². The maximum absolute atomic E-state index is 11.6. The number of nitrogens with one attached hydrogen (secondary N) is 2. The minimum absolute atomic E-state index is 0.0671. The fourth-order valence-electron chi connectivity index (χ4n) is 3.38. The van der Waals surface area contributed by atoms with Crippen molar-refractivity contribution in [1.29, 1.82) is 0 Å². The lowest BCUT2D eigenvalue weighted by atomic mass is 9.74. The van der Waals surface area contributed by atoms with Crippen LogP contribution in [0.25, 0.3) is 0 Å². The van der Waals surface area contributed by atoms with E-state index in [-0.39, 0.29) is 33.3 Å². The lowest BCUT2D eigenvalue weighted by Gasteiger charge is -2.29. The van der Waals surface area contributed by atoms with Gasteiger partial charge >= 0.3 is 0 Å². The second-order valence-corrected chi connectivity index (χ2v) is 11.1. The van der Waals surface area contributed by atoms with Crippen molar-refractivity contribution in [2.24, 2.45) is 16.2 Å². The quantitative estimate of drug-likeness (QED) is 0.751. The van der Waals surface area contributed by atoms with Gasteiger partial charge in [0.1, 0.15) is 0 Å². The topological polar surface area (TPSA) is 58.2 Å². The minimum Gasteiger partial charge on any atom is -0.330 e. The maximum Gasteiger partial charge on any atom is 0.238 e. The highest BCUT2D eigenvalue weighted by molar-refractivity contribution is 8.04. The number of hydrogen-bond acceptors (Lipinski definition) is 3. The third-order valence-corrected chi connectivity index (χ3v) is 5.05. The predicted molar refractivity (Wildman–Crippen MR) is 107 cm³/mol. The number of rotatable bonds is 2. The minimum atomic E-state index is -0.241. The van der Waals surface area contributed by atoms with E-state index >= 15 is 0 Å². The summed E-state index contributed by atoms with van der Waals surface area (Å²) < 4.78 is 0. The van der Waals surface area contributed by atoms with Gasteiger partial charge in [0.2, 0.25) is 11.8 Å². The van der Waals surface area contributed by atoms with Crippen LogP contribution in [0.5, 0.6) is 0 Å². The third kappa shape index (κ3) is 7.27. The summed E-state index contributed by atoms with van der Waals surface area (Å²) in [6.45, 7) is 22.4. The molecule has 0 bridgehead atoms. The van der Waals surface area contributed by atoms with Crippen LogP contribution in [0.1, 0.15) is 67.7 Å². The fraction of sp³-hybridized carbons (Fsp3) is 0.700. The van der Waals surface area contributed by atoms with Crippen LogP contribution in [0.3, 0.4) is 0 Å². The predicted octanol–water partition coefficient (Wildman–Crippen LogP) is 4.59. The van der Waals surface area contributed by atoms with Crippen LogP contribution in [0.15, 0.2) is 23.9 Å². The van der Waals surface area contributed by atoms with Crippen LogP contribution in [0.4, 0.5) is 0 Å². The Morgan fingerprint density at radius 1 is 1.08 bits per heavy atom. The zero-order valence-electron chi connectivity index (χ0n) is 16.8. The highest BCUT2D eigenvalue weighted by Crippen LogP contribution is 2.41. The first kappa shape index (κ1) is 21.8. The first-order valence-electron chi connectivity index (χ1n) is 8.77. The van der Waals surface area contributed by atoms with Gasteiger partial charge in [0.25, 0.3) is 0 Å². The van der Waals surface area contributed by atoms with Gasteiger partial charge in [-0.25, -0.2) is 0 Å². The van der Waals surface area contributed by atoms with E-state index in [1.165, 1.54) is 0 Å². The molecule has 25 heavy (non-hydrogen) atoms. The molecule has 4 nitrogen and oxygen atoms in total. The SMILES string of the molecule is C=C1CC(C)(CC(C)(C)C)C(=O)N1.C=C1NC(=O)C(CC(C)(C)C)S1. The number of carbonyl (C=O) groups excluding carboxylic acids is 2. The van der Waals surface area contributed by atoms with Crippen molar-refractivity contribution < 1.29 is 9.59 Å². The van der Waals surface area contributed by atoms with Gasteiger partial charge in [-0.1, -0.05) is 73.4 Å². The molecule has 2 aliphatic rings. The second kappa shape index (κ2) is 7.56. The Morgan fingerprint density at radius 3 is 1.96 bits per heavy atom. The molecule has 0 radical (unpaired) electrons. The number of carbonyl (C=O) groups is 2. The van der Waals surface area contributed by atoms with Crippen LogP contribution in [-0.2, 0) is 9.59 Å². The number of hydrogen-bond donors (Lipinski definition) is 2. The molecule has 2 unspecified atom stereocenters. The summed E-state index contributed by atoms with van der Waals surface area (Å²) >= 11 is 1.55. The molecule has 2 atom stereocenters. The van der Waals surface area contributed by atoms with E-state index < -0.39 is 0 Å². The first-order chi connectivity index (χ1) is 11.1. The Morgan fingerprint density at radius 2 is 1.64 bits per heavy atom. The molecule has 2 amide bonds. The van der Waals surface area contributed by atoms with Crippen LogP contribution in [0.2, 0.25) is 0 Å². The van der Waals surface area contributed by atoms with Gasteiger partial charge in [-0.15, -0.1) is 0 Å². The molecular weight excluding hydrogens is 332 g/mol. The average Bonchev–Trinajstić information content (AvgIpc) is 2.74. The molecule has 2 heterocycles. The van der Waals surface area contributed by atoms with Crippen molar-refractivity contribution in [3.05, 3.63) is 23.9 Å². The van der Waals surface area contributed by atoms with Crippen molar-refractivity contribution in [2.45, 2.75) is 73.0 Å². The van der Waals surface area contributed by atoms with Gasteiger partial charge in [0.15, 0.2) is 0 Å². The molecule has 2 saturated heterocycles. The summed E-state index contributed by atoms with van der Waals surface area (Å²) in [6.07, 6.45) is 2.59. The highest BCUT2D eigenvalue weighted by Gasteiger charge is 2.42. The molecule has 0 aromatic carbocycles. The van der Waals surface area contributed by atoms with Crippen LogP contribution < -0.4 is 10.6 Å². The summed E-state index contributed by atoms with van der Waals surface area (Å²) in [4.78, 5) is 22.9. The van der Waals surface area contributed by atoms with E-state index in [0.717, 1.165) is 30.0 Å². The molecule has 0 aromatic rings. The Labute approximate surface area is 157 Å². The number of amides is 2. The van der Waals surface area contributed by atoms with Gasteiger partial charge in [-0.2, -0.15) is 0 Å². The van der Waals surface area contributed by atoms with E-state index in [2.05, 4.69) is 65.3 Å². The third-order valence-electron chi connectivity index (χ3n) is 4.00. The van der Waals surface area contributed by atoms with Crippen LogP contribution >= 0.6 is 11.8 Å². The smallest absolute Gasteiger partial charge is 0.238 e. The van der Waals surface area contributed by atoms with Gasteiger partial charge in [0, 0.05) is 12.1 Å². The molecule has 0 aliphatic carbocycles. The number of thioether (sulfide) groups is 1. The molecule has 2 rings (SSSR count). The standard InChI is InChI=1S/C11H19NO.C9H15NOS/c1-8-6-11(5,9(13)12-8)7-10(2,3)4;1-6-10-8(11)7(12-6)5-9(2,3)4/h1,6-7H2,2-5H3,(H,12,13);7H,1,5H2,2-4H3,(H,10,11). The summed E-state index contributed by atoms with van der Waals surface area (Å²) in [7, 11) is 0. The molecule has 2 N–H and O–H groups in total. The maximum atomic E-state index is 11.6. The molecule has 0 saturated carbocycles. The summed E-state index contributed by atoms with van der Waals surface area (Å²) in [5.74, 6) is 0.243. The Bertz CT molecular complexity index is 569. The molecule has 0 aromatic heterocycles. The monoisotopic (exact) mass is 366 g/mol. The van der Waals surface area contributed by atoms with Crippen molar-refractivity contribution in [3.63, 3.8) is 0 Å². The molecule has 0 spiro atoms. The number of allylic oxidation sites excluding steroid dienone is 1. The van der Waals surface area contributed by atoms with Crippen molar-refractivity contribution >= 4 is 23.6 Å². The zero-order chi connectivity index (χ0) is 19.6. The van der Waals surface area contributed by atoms with E-state index in [1.54, 1.807) is 11.8 Å². The van der Waals surface area contributed by atoms with Gasteiger partial charge < -0.3 is 10.6 Å². The van der Waals surface area contributed by atoms with Crippen LogP contribution in [0, 0.1) is 16.2 Å². The van der Waals surface area contributed by atoms with Gasteiger partial charge in [-0.3, -0.25) is 9.59 Å². The molecule has 2 fully saturated rings. The van der Waals surface area contributed by atoms with E-state index in [1.807, 2.05) is 6.92 Å². The summed E-state index contributed by atoms with van der Waals surface area (Å²) in [5, 5.41) is 6.37. The van der Waals surface area contributed by atoms with Gasteiger partial charge in [-0.05, 0) is 23.7 Å². The lowest BCUT2D eigenvalue weighted by molar-refractivity contribution is -0.128. The van der Waals surface area contributed by atoms with Crippen molar-refractivity contribution in [1.82, 2.24) is 10.6 Å². The average molecular weight is 367 g/mol. The normalized spacial score (nSPS) is 26.9. The highest BCUT2D eigenvalue weighted by atomic mass is 32.2. The van der Waals surface area contributed by atoms with Crippen LogP contribution in [-0.4, -0.2) is 17.1 Å². The van der Waals surface area contributed by atoms with E-state index in [4.69, 9.17) is 0 Å². The molecular formula is C20H34N2O2S. The van der Waals surface area contributed by atoms with E-state index in [9.17, 15) is 9.59 Å². The van der Waals surface area contributed by atoms with Crippen molar-refractivity contribution in [3.8, 4) is 0 Å². The largest absolute Gasteiger partial charge is 0.330 e. The Kier molecular flexibility index (Phi) is 6.60. The molecule has 142 valence electrons. The molecule has 2 aliphatic heterocycles. The summed E-state index contributed by atoms with van der Waals surface area (Å²) in [6, 6.07) is 0. The second-order valence-electron chi connectivity index (χ2n) is 9.82. The lowest BCUT2D eigenvalue weighted by Crippen LogP contribution is -2.32. The van der Waals surface area contributed by atoms with Gasteiger partial charge in [0.05, 0.1) is 15.7 Å². The first-order valence-corrected chi connectivity index (χ1v) is 9.65. The molecule has 5 heteroatoms.